The van der Waals surface area contributed by atoms with Gasteiger partial charge in [0.1, 0.15) is 58.6 Å². The summed E-state index contributed by atoms with van der Waals surface area (Å²) in [6.07, 6.45) is -1.91. The minimum atomic E-state index is -1.12. The molecule has 600 valence electrons. The molecule has 4 saturated heterocycles. The maximum absolute atomic E-state index is 13.0. The van der Waals surface area contributed by atoms with Gasteiger partial charge in [-0.05, 0) is 248 Å². The first-order valence-electron chi connectivity index (χ1n) is 37.5. The first kappa shape index (κ1) is 85.4. The zero-order valence-electron chi connectivity index (χ0n) is 68.1. The van der Waals surface area contributed by atoms with E-state index in [4.69, 9.17) is 38.3 Å². The molecule has 4 aliphatic rings. The Bertz CT molecular complexity index is 4940. The van der Waals surface area contributed by atoms with Crippen LogP contribution in [-0.4, -0.2) is 146 Å². The number of carboxylic acid groups (broad SMARTS) is 1. The number of hydrogen-bond acceptors (Lipinski definition) is 19. The van der Waals surface area contributed by atoms with Crippen LogP contribution < -0.4 is 38.5 Å². The molecular formula is C89H105N5O19. The van der Waals surface area contributed by atoms with Gasteiger partial charge in [-0.2, -0.15) is 0 Å². The standard InChI is InChI=1S/C23H25NO7.C23H27NO6.C22H28N2O3.C21H25NO3/c1-12-5-6-15(10-17(12)25)21-22(31-20(28)8-7-19(26)27)23(29)24(21)16-9-13(2)14(3)18(11-16)30-4;1-6-29-20(26)12-30-22-21(16-8-7-13(2)18(25)10-16)24(23(22)27)17-9-14(3)15(4)19(11-17)28-5;1-13-7-8-16(10-19(13)25)21-18(12-23(4)5)22(26)24(21)17-9-14(2)15(3)20(11-17)27-6;1-6-17-20(15-8-7-12(2)18(23)10-15)22(21(17)24)16-9-13(3)14(4)19(11-16)25-5/h5-6,9-11,21-22,25H,7-8H2,1-4H3,(H,26,27);7-11,21-22,25H,6,12H2,1-5H3;7-11,18,21,25H,12H2,1-6H3;7-11,17,20,23H,6H2,1-5H3/t2*21-,22+;18-,21+;17-,20+/m0011/s1. The largest absolute Gasteiger partial charge is 0.508 e. The number of aliphatic carboxylic acids is 1. The van der Waals surface area contributed by atoms with Crippen molar-refractivity contribution in [2.24, 2.45) is 11.8 Å². The molecule has 8 aromatic rings. The molecular weight excluding hydrogens is 1440 g/mol. The number of β-lactam (4-membered cyclic amide) rings is 4. The van der Waals surface area contributed by atoms with E-state index in [2.05, 4.69) is 0 Å². The summed E-state index contributed by atoms with van der Waals surface area (Å²) in [6.45, 7) is 27.4. The summed E-state index contributed by atoms with van der Waals surface area (Å²) >= 11 is 0. The lowest BCUT2D eigenvalue weighted by atomic mass is 9.79. The number of rotatable bonds is 23. The third kappa shape index (κ3) is 18.1. The van der Waals surface area contributed by atoms with Crippen molar-refractivity contribution in [3.63, 3.8) is 0 Å². The van der Waals surface area contributed by atoms with Crippen molar-refractivity contribution in [2.45, 2.75) is 153 Å². The zero-order chi connectivity index (χ0) is 83.0. The van der Waals surface area contributed by atoms with Crippen LogP contribution >= 0.6 is 0 Å². The first-order chi connectivity index (χ1) is 53.5. The van der Waals surface area contributed by atoms with Gasteiger partial charge in [-0.25, -0.2) is 4.79 Å². The predicted octanol–water partition coefficient (Wildman–Crippen LogP) is 14.6. The summed E-state index contributed by atoms with van der Waals surface area (Å²) in [6, 6.07) is 35.5. The van der Waals surface area contributed by atoms with E-state index >= 15 is 0 Å². The minimum Gasteiger partial charge on any atom is -0.508 e. The number of ether oxygens (including phenoxy) is 7. The van der Waals surface area contributed by atoms with Gasteiger partial charge in [0.15, 0.2) is 6.10 Å². The average Bonchev–Trinajstić information content (AvgIpc) is 0.752. The summed E-state index contributed by atoms with van der Waals surface area (Å²) in [5.41, 5.74) is 17.4. The van der Waals surface area contributed by atoms with Crippen LogP contribution in [0.4, 0.5) is 22.7 Å². The summed E-state index contributed by atoms with van der Waals surface area (Å²) in [5.74, 6) is 0.482. The molecule has 8 aromatic carbocycles. The maximum atomic E-state index is 13.0. The third-order valence-electron chi connectivity index (χ3n) is 21.7. The molecule has 4 amide bonds. The molecule has 24 nitrogen and oxygen atoms in total. The second kappa shape index (κ2) is 36.2. The molecule has 4 aliphatic heterocycles. The molecule has 4 heterocycles. The molecule has 0 spiro atoms. The van der Waals surface area contributed by atoms with Gasteiger partial charge in [0.05, 0.1) is 77.8 Å². The topological polar surface area (TPSA) is 301 Å². The van der Waals surface area contributed by atoms with Crippen molar-refractivity contribution in [2.75, 3.05) is 81.9 Å². The van der Waals surface area contributed by atoms with Gasteiger partial charge in [0.2, 0.25) is 17.9 Å². The number of phenolic OH excluding ortho intramolecular Hbond substituents is 4. The van der Waals surface area contributed by atoms with Gasteiger partial charge in [0, 0.05) is 53.6 Å². The van der Waals surface area contributed by atoms with E-state index in [0.29, 0.717) is 46.1 Å². The van der Waals surface area contributed by atoms with Crippen LogP contribution in [0.2, 0.25) is 0 Å². The highest BCUT2D eigenvalue weighted by Gasteiger charge is 2.54. The van der Waals surface area contributed by atoms with E-state index < -0.39 is 48.1 Å². The molecule has 0 aliphatic carbocycles. The molecule has 0 unspecified atom stereocenters. The third-order valence-corrected chi connectivity index (χ3v) is 21.7. The molecule has 0 bridgehead atoms. The van der Waals surface area contributed by atoms with Gasteiger partial charge in [-0.15, -0.1) is 0 Å². The lowest BCUT2D eigenvalue weighted by Gasteiger charge is -2.48. The van der Waals surface area contributed by atoms with Crippen LogP contribution in [0.1, 0.15) is 146 Å². The van der Waals surface area contributed by atoms with Gasteiger partial charge in [-0.1, -0.05) is 55.5 Å². The normalized spacial score (nSPS) is 18.7. The number of phenols is 4. The quantitative estimate of drug-likeness (QED) is 0.0294. The number of esters is 2. The molecule has 24 heteroatoms. The maximum Gasteiger partial charge on any atom is 0.332 e. The van der Waals surface area contributed by atoms with Crippen molar-refractivity contribution >= 4 is 64.3 Å². The number of amides is 4. The van der Waals surface area contributed by atoms with Crippen molar-refractivity contribution in [3.05, 3.63) is 210 Å². The Morgan fingerprint density at radius 1 is 0.389 bits per heavy atom. The monoisotopic (exact) mass is 1550 g/mol. The van der Waals surface area contributed by atoms with Crippen LogP contribution in [0.15, 0.2) is 121 Å². The highest BCUT2D eigenvalue weighted by Crippen LogP contribution is 2.51. The Kier molecular flexibility index (Phi) is 27.4. The summed E-state index contributed by atoms with van der Waals surface area (Å²) in [4.78, 5) is 95.1. The fourth-order valence-electron chi connectivity index (χ4n) is 14.5. The number of carboxylic acids is 1. The van der Waals surface area contributed by atoms with Crippen molar-refractivity contribution < 1.29 is 92.3 Å². The number of aromatic hydroxyl groups is 4. The van der Waals surface area contributed by atoms with E-state index in [1.807, 2.05) is 178 Å². The Labute approximate surface area is 660 Å². The van der Waals surface area contributed by atoms with Crippen LogP contribution in [0.3, 0.4) is 0 Å². The lowest BCUT2D eigenvalue weighted by molar-refractivity contribution is -0.163. The average molecular weight is 1550 g/mol. The molecule has 0 saturated carbocycles. The number of carbonyl (C=O) groups is 7. The summed E-state index contributed by atoms with van der Waals surface area (Å²) < 4.78 is 37.7. The number of aryl methyl sites for hydroxylation is 8. The van der Waals surface area contributed by atoms with E-state index in [1.54, 1.807) is 96.6 Å². The molecule has 0 radical (unpaired) electrons. The van der Waals surface area contributed by atoms with E-state index in [1.165, 1.54) is 11.0 Å². The predicted molar refractivity (Wildman–Crippen MR) is 431 cm³/mol. The fraction of sp³-hybridized carbons (Fsp3) is 0.382. The van der Waals surface area contributed by atoms with Gasteiger partial charge in [0.25, 0.3) is 11.8 Å². The minimum absolute atomic E-state index is 0.0594. The number of carbonyl (C=O) groups excluding carboxylic acids is 6. The van der Waals surface area contributed by atoms with Crippen LogP contribution in [-0.2, 0) is 47.8 Å². The van der Waals surface area contributed by atoms with E-state index in [0.717, 1.165) is 102 Å². The smallest absolute Gasteiger partial charge is 0.332 e. The Balaban J connectivity index is 0.000000173. The van der Waals surface area contributed by atoms with E-state index in [-0.39, 0.29) is 90.7 Å². The zero-order valence-corrected chi connectivity index (χ0v) is 68.1. The Morgan fingerprint density at radius 2 is 0.699 bits per heavy atom. The molecule has 8 atom stereocenters. The van der Waals surface area contributed by atoms with Crippen molar-refractivity contribution in [1.29, 1.82) is 0 Å². The first-order valence-corrected chi connectivity index (χ1v) is 37.5. The number of benzene rings is 8. The summed E-state index contributed by atoms with van der Waals surface area (Å²) in [7, 11) is 10.4. The van der Waals surface area contributed by atoms with Crippen molar-refractivity contribution in [3.8, 4) is 46.0 Å². The van der Waals surface area contributed by atoms with E-state index in [9.17, 15) is 54.0 Å². The van der Waals surface area contributed by atoms with Crippen LogP contribution in [0, 0.1) is 94.9 Å². The Hall–Kier alpha value is -11.6. The lowest BCUT2D eigenvalue weighted by Crippen LogP contribution is -2.60. The molecule has 12 rings (SSSR count). The molecule has 113 heavy (non-hydrogen) atoms. The molecule has 0 aromatic heterocycles. The summed E-state index contributed by atoms with van der Waals surface area (Å²) in [5, 5.41) is 49.4. The van der Waals surface area contributed by atoms with Crippen LogP contribution in [0.5, 0.6) is 46.0 Å². The molecule has 4 fully saturated rings. The number of hydrogen-bond donors (Lipinski definition) is 5. The number of anilines is 4. The van der Waals surface area contributed by atoms with Gasteiger partial charge >= 0.3 is 17.9 Å². The van der Waals surface area contributed by atoms with Crippen molar-refractivity contribution in [1.82, 2.24) is 4.90 Å². The number of nitrogens with zero attached hydrogens (tertiary/aromatic N) is 5. The highest BCUT2D eigenvalue weighted by atomic mass is 16.6. The Morgan fingerprint density at radius 3 is 1.01 bits per heavy atom. The highest BCUT2D eigenvalue weighted by molar-refractivity contribution is 6.08. The van der Waals surface area contributed by atoms with Gasteiger partial charge < -0.3 is 73.4 Å². The molecule has 5 N–H and O–H groups in total. The number of methoxy groups -OCH3 is 4. The SMILES string of the molecule is CCOC(=O)CO[C@H]1C(=O)N(c2cc(C)c(C)c(OC)c2)[C@H]1c1ccc(C)c(O)c1.CC[C@H]1C(=O)N(c2cc(C)c(C)c(OC)c2)[C@H]1c1ccc(C)c(O)c1.COc1cc(N2C(=O)[C@H](CN(C)C)[C@@H]2c2ccc(C)c(O)c2)cc(C)c1C.COc1cc(N2C(=O)[C@H](OC(=O)CCC(=O)O)[C@@H]2c2ccc(C)c(O)c2)cc(C)c1C. The van der Waals surface area contributed by atoms with Gasteiger partial charge in [-0.3, -0.25) is 38.6 Å². The van der Waals surface area contributed by atoms with Crippen LogP contribution in [0.25, 0.3) is 0 Å². The second-order valence-corrected chi connectivity index (χ2v) is 29.4. The second-order valence-electron chi connectivity index (χ2n) is 29.4. The fourth-order valence-corrected chi connectivity index (χ4v) is 14.5.